The van der Waals surface area contributed by atoms with Gasteiger partial charge in [-0.2, -0.15) is 5.10 Å². The highest BCUT2D eigenvalue weighted by Gasteiger charge is 2.15. The summed E-state index contributed by atoms with van der Waals surface area (Å²) in [5.74, 6) is 0.375. The summed E-state index contributed by atoms with van der Waals surface area (Å²) in [7, 11) is 0. The first-order valence-electron chi connectivity index (χ1n) is 10.0. The first-order chi connectivity index (χ1) is 15.3. The maximum absolute atomic E-state index is 12.3. The lowest BCUT2D eigenvalue weighted by molar-refractivity contribution is -0.384. The van der Waals surface area contributed by atoms with Crippen molar-refractivity contribution in [3.63, 3.8) is 0 Å². The number of non-ortho nitro benzene ring substituents is 1. The molecule has 166 valence electrons. The molecular formula is C23H23ClN4O4. The number of halogens is 1. The van der Waals surface area contributed by atoms with Crippen LogP contribution in [0.3, 0.4) is 0 Å². The smallest absolute Gasteiger partial charge is 0.271 e. The lowest BCUT2D eigenvalue weighted by Crippen LogP contribution is -2.17. The van der Waals surface area contributed by atoms with E-state index in [1.54, 1.807) is 36.5 Å². The molecule has 0 aliphatic carbocycles. The zero-order valence-electron chi connectivity index (χ0n) is 18.0. The number of carbonyl (C=O) groups is 1. The molecule has 32 heavy (non-hydrogen) atoms. The number of benzene rings is 2. The molecule has 0 fully saturated rings. The number of hydrogen-bond acceptors (Lipinski definition) is 5. The fraction of sp³-hybridized carbons (Fsp3) is 0.217. The molecule has 8 nitrogen and oxygen atoms in total. The van der Waals surface area contributed by atoms with E-state index in [1.165, 1.54) is 12.1 Å². The van der Waals surface area contributed by atoms with Crippen molar-refractivity contribution in [2.75, 3.05) is 6.61 Å². The summed E-state index contributed by atoms with van der Waals surface area (Å²) in [6.45, 7) is 6.42. The number of nitrogens with one attached hydrogen (secondary N) is 1. The summed E-state index contributed by atoms with van der Waals surface area (Å²) in [5.41, 5.74) is 6.01. The molecule has 1 N–H and O–H groups in total. The Kier molecular flexibility index (Phi) is 7.27. The third-order valence-electron chi connectivity index (χ3n) is 4.81. The zero-order chi connectivity index (χ0) is 23.3. The Morgan fingerprint density at radius 1 is 1.22 bits per heavy atom. The third-order valence-corrected chi connectivity index (χ3v) is 5.12. The molecule has 1 heterocycles. The van der Waals surface area contributed by atoms with Crippen LogP contribution >= 0.6 is 11.6 Å². The number of hydrogen-bond donors (Lipinski definition) is 1. The second-order valence-corrected chi connectivity index (χ2v) is 7.53. The van der Waals surface area contributed by atoms with Crippen LogP contribution in [0.2, 0.25) is 5.02 Å². The summed E-state index contributed by atoms with van der Waals surface area (Å²) in [5, 5.41) is 15.3. The fourth-order valence-electron chi connectivity index (χ4n) is 3.23. The highest BCUT2D eigenvalue weighted by molar-refractivity contribution is 6.32. The molecule has 0 bridgehead atoms. The van der Waals surface area contributed by atoms with Crippen molar-refractivity contribution in [3.05, 3.63) is 86.2 Å². The first-order valence-corrected chi connectivity index (χ1v) is 10.4. The van der Waals surface area contributed by atoms with Gasteiger partial charge in [-0.05, 0) is 56.7 Å². The molecule has 0 atom stereocenters. The van der Waals surface area contributed by atoms with Gasteiger partial charge in [-0.3, -0.25) is 14.9 Å². The number of hydrazone groups is 1. The summed E-state index contributed by atoms with van der Waals surface area (Å²) in [6.07, 6.45) is 2.46. The normalized spacial score (nSPS) is 11.0. The Bertz CT molecular complexity index is 1170. The highest BCUT2D eigenvalue weighted by atomic mass is 35.5. The highest BCUT2D eigenvalue weighted by Crippen LogP contribution is 2.29. The second kappa shape index (κ2) is 10.1. The minimum absolute atomic E-state index is 0.0735. The molecule has 3 rings (SSSR count). The molecule has 0 unspecified atom stereocenters. The van der Waals surface area contributed by atoms with Gasteiger partial charge in [0.1, 0.15) is 5.75 Å². The summed E-state index contributed by atoms with van der Waals surface area (Å²) >= 11 is 6.29. The fourth-order valence-corrected chi connectivity index (χ4v) is 3.49. The van der Waals surface area contributed by atoms with Crippen molar-refractivity contribution < 1.29 is 14.5 Å². The van der Waals surface area contributed by atoms with Crippen LogP contribution in [0.5, 0.6) is 5.75 Å². The van der Waals surface area contributed by atoms with Crippen molar-refractivity contribution in [1.29, 1.82) is 0 Å². The predicted octanol–water partition coefficient (Wildman–Crippen LogP) is 5.21. The van der Waals surface area contributed by atoms with Crippen LogP contribution in [0.4, 0.5) is 5.69 Å². The SMILES string of the molecule is CCCOc1ccc(C(=O)N/N=C/c2cc(C)n(-c3ccc([N+](=O)[O-])cc3Cl)c2C)cc1. The van der Waals surface area contributed by atoms with E-state index in [0.717, 1.165) is 23.4 Å². The number of rotatable bonds is 8. The van der Waals surface area contributed by atoms with Crippen LogP contribution in [-0.4, -0.2) is 28.2 Å². The van der Waals surface area contributed by atoms with Gasteiger partial charge in [0, 0.05) is 34.6 Å². The molecule has 2 aromatic carbocycles. The molecule has 1 amide bonds. The predicted molar refractivity (Wildman–Crippen MR) is 124 cm³/mol. The number of carbonyl (C=O) groups excluding carboxylic acids is 1. The van der Waals surface area contributed by atoms with Crippen LogP contribution in [-0.2, 0) is 0 Å². The standard InChI is InChI=1S/C23H23ClN4O4/c1-4-11-32-20-8-5-17(6-9-20)23(29)26-25-14-18-12-15(2)27(16(18)3)22-10-7-19(28(30)31)13-21(22)24/h5-10,12-14H,4,11H2,1-3H3,(H,26,29)/b25-14+. The van der Waals surface area contributed by atoms with E-state index in [1.807, 2.05) is 31.4 Å². The topological polar surface area (TPSA) is 98.8 Å². The average molecular weight is 455 g/mol. The molecule has 0 aliphatic heterocycles. The summed E-state index contributed by atoms with van der Waals surface area (Å²) in [4.78, 5) is 22.8. The van der Waals surface area contributed by atoms with Gasteiger partial charge in [0.2, 0.25) is 0 Å². The summed E-state index contributed by atoms with van der Waals surface area (Å²) < 4.78 is 7.39. The van der Waals surface area contributed by atoms with Crippen molar-refractivity contribution in [2.24, 2.45) is 5.10 Å². The summed E-state index contributed by atoms with van der Waals surface area (Å²) in [6, 6.07) is 13.1. The van der Waals surface area contributed by atoms with E-state index in [4.69, 9.17) is 16.3 Å². The van der Waals surface area contributed by atoms with Gasteiger partial charge in [-0.25, -0.2) is 5.43 Å². The van der Waals surface area contributed by atoms with Gasteiger partial charge in [-0.1, -0.05) is 18.5 Å². The lowest BCUT2D eigenvalue weighted by Gasteiger charge is -2.11. The average Bonchev–Trinajstić information content (AvgIpc) is 3.05. The number of nitro benzene ring substituents is 1. The van der Waals surface area contributed by atoms with E-state index >= 15 is 0 Å². The van der Waals surface area contributed by atoms with E-state index < -0.39 is 4.92 Å². The van der Waals surface area contributed by atoms with E-state index in [-0.39, 0.29) is 16.6 Å². The minimum Gasteiger partial charge on any atom is -0.494 e. The Hall–Kier alpha value is -3.65. The Morgan fingerprint density at radius 3 is 2.56 bits per heavy atom. The van der Waals surface area contributed by atoms with Crippen LogP contribution in [0, 0.1) is 24.0 Å². The molecule has 0 radical (unpaired) electrons. The molecule has 3 aromatic rings. The van der Waals surface area contributed by atoms with Gasteiger partial charge in [0.25, 0.3) is 11.6 Å². The van der Waals surface area contributed by atoms with Crippen molar-refractivity contribution in [1.82, 2.24) is 9.99 Å². The van der Waals surface area contributed by atoms with Gasteiger partial charge in [-0.15, -0.1) is 0 Å². The minimum atomic E-state index is -0.489. The number of ether oxygens (including phenoxy) is 1. The molecule has 9 heteroatoms. The number of amides is 1. The monoisotopic (exact) mass is 454 g/mol. The Labute approximate surface area is 190 Å². The molecule has 0 spiro atoms. The molecule has 0 saturated carbocycles. The molecule has 1 aromatic heterocycles. The van der Waals surface area contributed by atoms with Crippen molar-refractivity contribution in [2.45, 2.75) is 27.2 Å². The van der Waals surface area contributed by atoms with Crippen LogP contribution in [0.15, 0.2) is 53.6 Å². The van der Waals surface area contributed by atoms with E-state index in [2.05, 4.69) is 10.5 Å². The molecule has 0 saturated heterocycles. The third kappa shape index (κ3) is 5.15. The Morgan fingerprint density at radius 2 is 1.94 bits per heavy atom. The van der Waals surface area contributed by atoms with Gasteiger partial charge < -0.3 is 9.30 Å². The maximum atomic E-state index is 12.3. The van der Waals surface area contributed by atoms with E-state index in [0.29, 0.717) is 23.6 Å². The largest absolute Gasteiger partial charge is 0.494 e. The van der Waals surface area contributed by atoms with Gasteiger partial charge in [0.15, 0.2) is 0 Å². The molecule has 0 aliphatic rings. The number of nitro groups is 1. The second-order valence-electron chi connectivity index (χ2n) is 7.13. The van der Waals surface area contributed by atoms with Crippen LogP contribution in [0.25, 0.3) is 5.69 Å². The first kappa shape index (κ1) is 23.0. The lowest BCUT2D eigenvalue weighted by atomic mass is 10.2. The van der Waals surface area contributed by atoms with Crippen molar-refractivity contribution >= 4 is 29.4 Å². The number of nitrogens with zero attached hydrogens (tertiary/aromatic N) is 3. The maximum Gasteiger partial charge on any atom is 0.271 e. The van der Waals surface area contributed by atoms with Crippen LogP contribution < -0.4 is 10.2 Å². The Balaban J connectivity index is 1.73. The quantitative estimate of drug-likeness (QED) is 0.287. The van der Waals surface area contributed by atoms with Crippen molar-refractivity contribution in [3.8, 4) is 11.4 Å². The molecular weight excluding hydrogens is 432 g/mol. The van der Waals surface area contributed by atoms with Crippen LogP contribution in [0.1, 0.15) is 40.7 Å². The number of aryl methyl sites for hydroxylation is 1. The van der Waals surface area contributed by atoms with Gasteiger partial charge in [0.05, 0.1) is 28.5 Å². The van der Waals surface area contributed by atoms with Gasteiger partial charge >= 0.3 is 0 Å². The van der Waals surface area contributed by atoms with E-state index in [9.17, 15) is 14.9 Å². The zero-order valence-corrected chi connectivity index (χ0v) is 18.7. The number of aromatic nitrogens is 1.